The van der Waals surface area contributed by atoms with Crippen LogP contribution in [-0.2, 0) is 0 Å². The molecule has 0 aliphatic rings. The largest absolute Gasteiger partial charge is 0.505 e. The Balaban J connectivity index is 2.05. The van der Waals surface area contributed by atoms with Crippen LogP contribution in [0.3, 0.4) is 0 Å². The molecule has 0 aliphatic carbocycles. The van der Waals surface area contributed by atoms with Crippen molar-refractivity contribution in [1.82, 2.24) is 15.1 Å². The normalized spacial score (nSPS) is 10.7. The number of pyridine rings is 1. The lowest BCUT2D eigenvalue weighted by atomic mass is 10.2. The molecule has 0 spiro atoms. The molecule has 18 heavy (non-hydrogen) atoms. The van der Waals surface area contributed by atoms with Gasteiger partial charge >= 0.3 is 0 Å². The van der Waals surface area contributed by atoms with Crippen molar-refractivity contribution in [3.05, 3.63) is 36.4 Å². The monoisotopic (exact) mass is 243 g/mol. The summed E-state index contributed by atoms with van der Waals surface area (Å²) in [4.78, 5) is 8.18. The van der Waals surface area contributed by atoms with Crippen molar-refractivity contribution in [3.8, 4) is 28.7 Å². The Morgan fingerprint density at radius 3 is 2.89 bits per heavy atom. The highest BCUT2D eigenvalue weighted by Gasteiger charge is 2.16. The molecule has 0 atom stereocenters. The van der Waals surface area contributed by atoms with Crippen molar-refractivity contribution in [2.45, 2.75) is 6.92 Å². The number of aromatic hydroxyl groups is 1. The standard InChI is InChI=1S/C12H9N3O3/c1-7-8(4-6-17-7)11-14-12(18-15-11)10-9(16)3-2-5-13-10/h2-6,16H,1H3. The van der Waals surface area contributed by atoms with Gasteiger partial charge in [0.05, 0.1) is 11.8 Å². The molecule has 6 heteroatoms. The van der Waals surface area contributed by atoms with Crippen LogP contribution in [0, 0.1) is 6.92 Å². The highest BCUT2D eigenvalue weighted by Crippen LogP contribution is 2.28. The molecule has 3 aromatic rings. The second-order valence-corrected chi connectivity index (χ2v) is 3.68. The van der Waals surface area contributed by atoms with Gasteiger partial charge in [0.25, 0.3) is 5.89 Å². The Labute approximate surface area is 102 Å². The lowest BCUT2D eigenvalue weighted by Crippen LogP contribution is -1.84. The first-order chi connectivity index (χ1) is 8.75. The molecule has 0 aliphatic heterocycles. The van der Waals surface area contributed by atoms with E-state index in [4.69, 9.17) is 8.94 Å². The van der Waals surface area contributed by atoms with Crippen LogP contribution in [0.4, 0.5) is 0 Å². The number of furan rings is 1. The number of hydrogen-bond acceptors (Lipinski definition) is 6. The van der Waals surface area contributed by atoms with Crippen molar-refractivity contribution < 1.29 is 14.0 Å². The molecule has 3 aromatic heterocycles. The molecule has 0 aromatic carbocycles. The average Bonchev–Trinajstić information content (AvgIpc) is 2.98. The van der Waals surface area contributed by atoms with Crippen LogP contribution in [0.5, 0.6) is 5.75 Å². The Hall–Kier alpha value is -2.63. The van der Waals surface area contributed by atoms with Gasteiger partial charge in [0.2, 0.25) is 5.82 Å². The molecule has 3 rings (SSSR count). The van der Waals surface area contributed by atoms with Crippen molar-refractivity contribution >= 4 is 0 Å². The van der Waals surface area contributed by atoms with Gasteiger partial charge in [-0.3, -0.25) is 0 Å². The first-order valence-electron chi connectivity index (χ1n) is 5.28. The summed E-state index contributed by atoms with van der Waals surface area (Å²) in [6, 6.07) is 4.88. The third-order valence-corrected chi connectivity index (χ3v) is 2.51. The highest BCUT2D eigenvalue weighted by molar-refractivity contribution is 5.61. The summed E-state index contributed by atoms with van der Waals surface area (Å²) in [5.74, 6) is 1.27. The van der Waals surface area contributed by atoms with Crippen molar-refractivity contribution in [2.24, 2.45) is 0 Å². The van der Waals surface area contributed by atoms with E-state index in [2.05, 4.69) is 15.1 Å². The third kappa shape index (κ3) is 1.64. The maximum Gasteiger partial charge on any atom is 0.280 e. The predicted octanol–water partition coefficient (Wildman–Crippen LogP) is 2.41. The Morgan fingerprint density at radius 1 is 1.28 bits per heavy atom. The summed E-state index contributed by atoms with van der Waals surface area (Å²) in [5, 5.41) is 13.5. The van der Waals surface area contributed by atoms with Gasteiger partial charge in [0.15, 0.2) is 5.69 Å². The Bertz CT molecular complexity index is 687. The molecular formula is C12H9N3O3. The maximum atomic E-state index is 9.65. The number of aryl methyl sites for hydroxylation is 1. The summed E-state index contributed by atoms with van der Waals surface area (Å²) in [5.41, 5.74) is 1.01. The molecule has 1 N–H and O–H groups in total. The highest BCUT2D eigenvalue weighted by atomic mass is 16.5. The first kappa shape index (κ1) is 10.5. The summed E-state index contributed by atoms with van der Waals surface area (Å²) in [7, 11) is 0. The first-order valence-corrected chi connectivity index (χ1v) is 5.28. The molecule has 0 fully saturated rings. The smallest absolute Gasteiger partial charge is 0.280 e. The molecule has 0 saturated heterocycles. The minimum Gasteiger partial charge on any atom is -0.505 e. The van der Waals surface area contributed by atoms with Crippen LogP contribution in [-0.4, -0.2) is 20.2 Å². The summed E-state index contributed by atoms with van der Waals surface area (Å²) in [6.07, 6.45) is 3.10. The lowest BCUT2D eigenvalue weighted by Gasteiger charge is -1.95. The quantitative estimate of drug-likeness (QED) is 0.743. The molecule has 0 radical (unpaired) electrons. The zero-order valence-electron chi connectivity index (χ0n) is 9.49. The second kappa shape index (κ2) is 3.99. The topological polar surface area (TPSA) is 85.2 Å². The molecule has 0 amide bonds. The van der Waals surface area contributed by atoms with Gasteiger partial charge in [0, 0.05) is 6.20 Å². The van der Waals surface area contributed by atoms with Crippen LogP contribution in [0.15, 0.2) is 39.6 Å². The SMILES string of the molecule is Cc1occc1-c1noc(-c2ncccc2O)n1. The average molecular weight is 243 g/mol. The van der Waals surface area contributed by atoms with Crippen molar-refractivity contribution in [2.75, 3.05) is 0 Å². The Kier molecular flexibility index (Phi) is 2.33. The minimum absolute atomic E-state index is 0.00313. The lowest BCUT2D eigenvalue weighted by molar-refractivity contribution is 0.423. The number of rotatable bonds is 2. The molecule has 0 saturated carbocycles. The van der Waals surface area contributed by atoms with E-state index in [0.717, 1.165) is 5.56 Å². The molecule has 6 nitrogen and oxygen atoms in total. The minimum atomic E-state index is -0.00313. The number of nitrogens with zero attached hydrogens (tertiary/aromatic N) is 3. The van der Waals surface area contributed by atoms with Gasteiger partial charge in [0.1, 0.15) is 11.5 Å². The molecule has 0 bridgehead atoms. The van der Waals surface area contributed by atoms with Crippen molar-refractivity contribution in [3.63, 3.8) is 0 Å². The van der Waals surface area contributed by atoms with E-state index in [1.807, 2.05) is 6.92 Å². The zero-order valence-corrected chi connectivity index (χ0v) is 9.49. The van der Waals surface area contributed by atoms with Crippen LogP contribution in [0.2, 0.25) is 0 Å². The van der Waals surface area contributed by atoms with Crippen LogP contribution < -0.4 is 0 Å². The summed E-state index contributed by atoms with van der Waals surface area (Å²) < 4.78 is 10.3. The Morgan fingerprint density at radius 2 is 2.17 bits per heavy atom. The summed E-state index contributed by atoms with van der Waals surface area (Å²) in [6.45, 7) is 1.81. The van der Waals surface area contributed by atoms with Crippen molar-refractivity contribution in [1.29, 1.82) is 0 Å². The summed E-state index contributed by atoms with van der Waals surface area (Å²) >= 11 is 0. The van der Waals surface area contributed by atoms with Gasteiger partial charge < -0.3 is 14.0 Å². The molecule has 90 valence electrons. The van der Waals surface area contributed by atoms with Gasteiger partial charge in [-0.1, -0.05) is 5.16 Å². The van der Waals surface area contributed by atoms with Crippen LogP contribution in [0.25, 0.3) is 23.0 Å². The van der Waals surface area contributed by atoms with Gasteiger partial charge in [-0.05, 0) is 25.1 Å². The third-order valence-electron chi connectivity index (χ3n) is 2.51. The fourth-order valence-electron chi connectivity index (χ4n) is 1.61. The van der Waals surface area contributed by atoms with Gasteiger partial charge in [-0.15, -0.1) is 0 Å². The zero-order chi connectivity index (χ0) is 12.5. The van der Waals surface area contributed by atoms with E-state index in [9.17, 15) is 5.11 Å². The fourth-order valence-corrected chi connectivity index (χ4v) is 1.61. The van der Waals surface area contributed by atoms with E-state index < -0.39 is 0 Å². The maximum absolute atomic E-state index is 9.65. The van der Waals surface area contributed by atoms with Gasteiger partial charge in [-0.25, -0.2) is 4.98 Å². The predicted molar refractivity (Wildman–Crippen MR) is 61.6 cm³/mol. The number of hydrogen-bond donors (Lipinski definition) is 1. The molecule has 0 unspecified atom stereocenters. The van der Waals surface area contributed by atoms with E-state index in [1.54, 1.807) is 24.6 Å². The second-order valence-electron chi connectivity index (χ2n) is 3.68. The van der Waals surface area contributed by atoms with E-state index in [1.165, 1.54) is 6.07 Å². The molecule has 3 heterocycles. The van der Waals surface area contributed by atoms with Crippen LogP contribution >= 0.6 is 0 Å². The van der Waals surface area contributed by atoms with Gasteiger partial charge in [-0.2, -0.15) is 4.98 Å². The van der Waals surface area contributed by atoms with Crippen LogP contribution in [0.1, 0.15) is 5.76 Å². The van der Waals surface area contributed by atoms with E-state index in [0.29, 0.717) is 11.6 Å². The molecular weight excluding hydrogens is 234 g/mol. The number of aromatic nitrogens is 3. The van der Waals surface area contributed by atoms with E-state index in [-0.39, 0.29) is 17.3 Å². The fraction of sp³-hybridized carbons (Fsp3) is 0.0833. The van der Waals surface area contributed by atoms with E-state index >= 15 is 0 Å².